The highest BCUT2D eigenvalue weighted by Gasteiger charge is 2.24. The van der Waals surface area contributed by atoms with Crippen LogP contribution in [0.5, 0.6) is 5.88 Å². The smallest absolute Gasteiger partial charge is 0.269 e. The van der Waals surface area contributed by atoms with E-state index in [0.29, 0.717) is 28.4 Å². The maximum Gasteiger partial charge on any atom is 0.269 e. The number of methoxy groups -OCH3 is 2. The molecule has 0 radical (unpaired) electrons. The van der Waals surface area contributed by atoms with Gasteiger partial charge in [-0.05, 0) is 37.8 Å². The minimum atomic E-state index is -0.480. The van der Waals surface area contributed by atoms with Crippen LogP contribution in [-0.4, -0.2) is 63.3 Å². The summed E-state index contributed by atoms with van der Waals surface area (Å²) in [6.45, 7) is 0. The van der Waals surface area contributed by atoms with Gasteiger partial charge in [0.25, 0.3) is 5.91 Å². The van der Waals surface area contributed by atoms with Crippen molar-refractivity contribution in [2.75, 3.05) is 26.6 Å². The van der Waals surface area contributed by atoms with Gasteiger partial charge < -0.3 is 20.1 Å². The summed E-state index contributed by atoms with van der Waals surface area (Å²) in [5.41, 5.74) is 2.14. The summed E-state index contributed by atoms with van der Waals surface area (Å²) in [5, 5.41) is 10.4. The summed E-state index contributed by atoms with van der Waals surface area (Å²) in [5.74, 6) is -0.146. The molecule has 34 heavy (non-hydrogen) atoms. The highest BCUT2D eigenvalue weighted by Crippen LogP contribution is 2.34. The zero-order valence-electron chi connectivity index (χ0n) is 19.2. The number of nitrogens with one attached hydrogen (secondary N) is 2. The van der Waals surface area contributed by atoms with E-state index in [1.807, 2.05) is 0 Å². The average molecular weight is 468 g/mol. The molecule has 4 aromatic rings. The van der Waals surface area contributed by atoms with Crippen LogP contribution in [-0.2, 0) is 4.74 Å². The van der Waals surface area contributed by atoms with Crippen molar-refractivity contribution in [1.82, 2.24) is 29.3 Å². The second-order valence-corrected chi connectivity index (χ2v) is 8.31. The van der Waals surface area contributed by atoms with Crippen molar-refractivity contribution in [3.63, 3.8) is 0 Å². The van der Waals surface area contributed by atoms with Crippen molar-refractivity contribution in [1.29, 1.82) is 0 Å². The van der Waals surface area contributed by atoms with E-state index in [9.17, 15) is 4.79 Å². The molecule has 10 nitrogen and oxygen atoms in total. The molecule has 1 amide bonds. The number of nitrogens with zero attached hydrogens (tertiary/aromatic N) is 5. The van der Waals surface area contributed by atoms with Crippen LogP contribution in [0.4, 0.5) is 10.3 Å². The highest BCUT2D eigenvalue weighted by atomic mass is 19.1. The quantitative estimate of drug-likeness (QED) is 0.449. The Morgan fingerprint density at radius 2 is 1.97 bits per heavy atom. The number of pyridine rings is 1. The molecule has 0 bridgehead atoms. The van der Waals surface area contributed by atoms with E-state index in [0.717, 1.165) is 25.7 Å². The molecule has 1 fully saturated rings. The molecular weight excluding hydrogens is 441 g/mol. The predicted octanol–water partition coefficient (Wildman–Crippen LogP) is 2.92. The van der Waals surface area contributed by atoms with Crippen LogP contribution >= 0.6 is 0 Å². The molecule has 0 atom stereocenters. The second-order valence-electron chi connectivity index (χ2n) is 8.31. The normalized spacial score (nSPS) is 18.4. The summed E-state index contributed by atoms with van der Waals surface area (Å²) in [4.78, 5) is 21.0. The number of aromatic nitrogens is 5. The number of hydrogen-bond acceptors (Lipinski definition) is 7. The van der Waals surface area contributed by atoms with Gasteiger partial charge in [-0.1, -0.05) is 0 Å². The predicted molar refractivity (Wildman–Crippen MR) is 124 cm³/mol. The topological polar surface area (TPSA) is 107 Å². The van der Waals surface area contributed by atoms with E-state index in [-0.39, 0.29) is 29.5 Å². The standard InChI is InChI=1S/C23H26FN7O3/c1-25-21(32)17-10-26-18-9-4-13(11-30(17)18)19-16(24)12-31-20(19)22(34-3)28-23(29-31)27-14-5-7-15(33-2)8-6-14/h4,9-12,14-15H,5-8H2,1-3H3,(H,25,32)(H,27,29). The fourth-order valence-corrected chi connectivity index (χ4v) is 4.55. The zero-order chi connectivity index (χ0) is 23.8. The van der Waals surface area contributed by atoms with Crippen LogP contribution in [0.25, 0.3) is 22.3 Å². The Labute approximate surface area is 195 Å². The lowest BCUT2D eigenvalue weighted by Crippen LogP contribution is -2.30. The number of rotatable bonds is 6. The molecule has 0 aromatic carbocycles. The lowest BCUT2D eigenvalue weighted by Gasteiger charge is -2.28. The van der Waals surface area contributed by atoms with Gasteiger partial charge in [-0.2, -0.15) is 4.98 Å². The molecule has 1 aliphatic rings. The number of amides is 1. The first-order valence-electron chi connectivity index (χ1n) is 11.1. The number of anilines is 1. The van der Waals surface area contributed by atoms with Gasteiger partial charge in [0.1, 0.15) is 16.9 Å². The summed E-state index contributed by atoms with van der Waals surface area (Å²) >= 11 is 0. The first kappa shape index (κ1) is 22.1. The van der Waals surface area contributed by atoms with Crippen molar-refractivity contribution in [2.45, 2.75) is 37.8 Å². The second kappa shape index (κ2) is 8.90. The zero-order valence-corrected chi connectivity index (χ0v) is 19.2. The molecule has 0 spiro atoms. The fraction of sp³-hybridized carbons (Fsp3) is 0.391. The van der Waals surface area contributed by atoms with Crippen LogP contribution < -0.4 is 15.4 Å². The number of hydrogen-bond donors (Lipinski definition) is 2. The molecule has 4 aromatic heterocycles. The molecule has 1 aliphatic carbocycles. The third-order valence-electron chi connectivity index (χ3n) is 6.34. The van der Waals surface area contributed by atoms with Crippen LogP contribution in [0, 0.1) is 5.82 Å². The monoisotopic (exact) mass is 467 g/mol. The number of imidazole rings is 1. The van der Waals surface area contributed by atoms with E-state index in [4.69, 9.17) is 9.47 Å². The van der Waals surface area contributed by atoms with Crippen LogP contribution in [0.2, 0.25) is 0 Å². The molecule has 5 rings (SSSR count). The summed E-state index contributed by atoms with van der Waals surface area (Å²) < 4.78 is 29.3. The minimum absolute atomic E-state index is 0.209. The van der Waals surface area contributed by atoms with Crippen molar-refractivity contribution in [3.05, 3.63) is 42.2 Å². The van der Waals surface area contributed by atoms with Crippen molar-refractivity contribution >= 4 is 23.0 Å². The van der Waals surface area contributed by atoms with E-state index < -0.39 is 5.82 Å². The van der Waals surface area contributed by atoms with Gasteiger partial charge in [-0.3, -0.25) is 9.20 Å². The van der Waals surface area contributed by atoms with Gasteiger partial charge in [0, 0.05) is 32.0 Å². The minimum Gasteiger partial charge on any atom is -0.479 e. The van der Waals surface area contributed by atoms with Gasteiger partial charge in [-0.25, -0.2) is 13.9 Å². The number of ether oxygens (including phenoxy) is 2. The molecule has 0 aliphatic heterocycles. The van der Waals surface area contributed by atoms with Crippen LogP contribution in [0.1, 0.15) is 36.2 Å². The Hall–Kier alpha value is -3.73. The third-order valence-corrected chi connectivity index (χ3v) is 6.34. The van der Waals surface area contributed by atoms with Crippen LogP contribution in [0.15, 0.2) is 30.7 Å². The van der Waals surface area contributed by atoms with Gasteiger partial charge in [0.05, 0.1) is 31.2 Å². The van der Waals surface area contributed by atoms with Gasteiger partial charge in [0.2, 0.25) is 11.8 Å². The number of carbonyl (C=O) groups is 1. The fourth-order valence-electron chi connectivity index (χ4n) is 4.55. The average Bonchev–Trinajstić information content (AvgIpc) is 3.43. The van der Waals surface area contributed by atoms with Gasteiger partial charge in [0.15, 0.2) is 5.82 Å². The Morgan fingerprint density at radius 3 is 2.68 bits per heavy atom. The Kier molecular flexibility index (Phi) is 5.78. The maximum absolute atomic E-state index is 15.2. The molecule has 1 saturated carbocycles. The van der Waals surface area contributed by atoms with E-state index in [1.165, 1.54) is 24.0 Å². The Morgan fingerprint density at radius 1 is 1.18 bits per heavy atom. The lowest BCUT2D eigenvalue weighted by molar-refractivity contribution is 0.0681. The van der Waals surface area contributed by atoms with E-state index >= 15 is 4.39 Å². The highest BCUT2D eigenvalue weighted by molar-refractivity contribution is 5.93. The number of carbonyl (C=O) groups excluding carboxylic acids is 1. The van der Waals surface area contributed by atoms with E-state index in [1.54, 1.807) is 36.9 Å². The summed E-state index contributed by atoms with van der Waals surface area (Å²) in [7, 11) is 4.78. The largest absolute Gasteiger partial charge is 0.479 e. The van der Waals surface area contributed by atoms with Crippen molar-refractivity contribution in [2.24, 2.45) is 0 Å². The third kappa shape index (κ3) is 3.81. The van der Waals surface area contributed by atoms with Crippen molar-refractivity contribution < 1.29 is 18.7 Å². The molecular formula is C23H26FN7O3. The molecule has 0 saturated heterocycles. The SMILES string of the molecule is CNC(=O)c1cnc2ccc(-c3c(F)cn4nc(NC5CCC(OC)CC5)nc(OC)c34)cn12. The van der Waals surface area contributed by atoms with Gasteiger partial charge in [-0.15, -0.1) is 5.10 Å². The van der Waals surface area contributed by atoms with Crippen molar-refractivity contribution in [3.8, 4) is 17.0 Å². The van der Waals surface area contributed by atoms with Crippen LogP contribution in [0.3, 0.4) is 0 Å². The first-order chi connectivity index (χ1) is 16.5. The molecule has 4 heterocycles. The number of halogens is 1. The number of fused-ring (bicyclic) bond motifs is 2. The molecule has 11 heteroatoms. The summed E-state index contributed by atoms with van der Waals surface area (Å²) in [6, 6.07) is 3.68. The first-order valence-corrected chi connectivity index (χ1v) is 11.1. The van der Waals surface area contributed by atoms with E-state index in [2.05, 4.69) is 25.7 Å². The molecule has 2 N–H and O–H groups in total. The lowest BCUT2D eigenvalue weighted by atomic mass is 9.93. The summed E-state index contributed by atoms with van der Waals surface area (Å²) in [6.07, 6.45) is 8.54. The maximum atomic E-state index is 15.2. The van der Waals surface area contributed by atoms with Gasteiger partial charge >= 0.3 is 0 Å². The Bertz CT molecular complexity index is 1360. The molecule has 178 valence electrons. The molecule has 0 unspecified atom stereocenters. The Balaban J connectivity index is 1.54.